The molecular weight excluding hydrogens is 288 g/mol. The summed E-state index contributed by atoms with van der Waals surface area (Å²) in [4.78, 5) is 0. The average molecular weight is 317 g/mol. The molecule has 0 unspecified atom stereocenters. The van der Waals surface area contributed by atoms with Crippen LogP contribution in [0.4, 0.5) is 0 Å². The van der Waals surface area contributed by atoms with Gasteiger partial charge in [0, 0.05) is 0 Å². The highest BCUT2D eigenvalue weighted by Gasteiger charge is 2.48. The Balaban J connectivity index is 2.40. The normalized spacial score (nSPS) is 24.5. The molecule has 0 fully saturated rings. The molecule has 0 aliphatic carbocycles. The lowest BCUT2D eigenvalue weighted by Gasteiger charge is -2.40. The van der Waals surface area contributed by atoms with Gasteiger partial charge in [-0.25, -0.2) is 0 Å². The summed E-state index contributed by atoms with van der Waals surface area (Å²) in [7, 11) is -2.34. The van der Waals surface area contributed by atoms with Crippen molar-refractivity contribution in [1.82, 2.24) is 0 Å². The lowest BCUT2D eigenvalue weighted by atomic mass is 10.1. The van der Waals surface area contributed by atoms with Gasteiger partial charge < -0.3 is 8.85 Å². The Morgan fingerprint density at radius 2 is 1.68 bits per heavy atom. The van der Waals surface area contributed by atoms with Crippen LogP contribution in [0.25, 0.3) is 0 Å². The van der Waals surface area contributed by atoms with Gasteiger partial charge in [-0.05, 0) is 23.1 Å². The van der Waals surface area contributed by atoms with Crippen molar-refractivity contribution < 1.29 is 8.85 Å². The molecule has 0 bridgehead atoms. The van der Waals surface area contributed by atoms with Crippen LogP contribution in [0.1, 0.15) is 45.8 Å². The predicted molar refractivity (Wildman–Crippen MR) is 95.0 cm³/mol. The van der Waals surface area contributed by atoms with Gasteiger partial charge in [-0.2, -0.15) is 0 Å². The summed E-state index contributed by atoms with van der Waals surface area (Å²) >= 11 is 0. The Morgan fingerprint density at radius 3 is 2.23 bits per heavy atom. The van der Waals surface area contributed by atoms with Crippen molar-refractivity contribution in [3.8, 4) is 0 Å². The van der Waals surface area contributed by atoms with E-state index in [1.807, 2.05) is 12.1 Å². The zero-order valence-corrected chi connectivity index (χ0v) is 15.2. The Kier molecular flexibility index (Phi) is 5.79. The zero-order chi connectivity index (χ0) is 16.2. The van der Waals surface area contributed by atoms with Gasteiger partial charge in [-0.3, -0.25) is 0 Å². The maximum absolute atomic E-state index is 6.68. The number of hydrogen-bond donors (Lipinski definition) is 0. The van der Waals surface area contributed by atoms with Crippen LogP contribution in [-0.2, 0) is 8.85 Å². The Bertz CT molecular complexity index is 499. The molecule has 3 heteroatoms. The van der Waals surface area contributed by atoms with E-state index in [0.717, 1.165) is 6.42 Å². The topological polar surface area (TPSA) is 18.5 Å². The molecule has 0 radical (unpaired) electrons. The van der Waals surface area contributed by atoms with Crippen molar-refractivity contribution in [3.05, 3.63) is 60.7 Å². The second-order valence-corrected chi connectivity index (χ2v) is 10.8. The van der Waals surface area contributed by atoms with E-state index in [1.165, 1.54) is 5.56 Å². The largest absolute Gasteiger partial charge is 0.387 e. The molecule has 0 N–H and O–H groups in total. The Labute approximate surface area is 136 Å². The molecular formula is C19H28O2Si. The van der Waals surface area contributed by atoms with E-state index in [2.05, 4.69) is 70.7 Å². The number of hydrogen-bond acceptors (Lipinski definition) is 2. The summed E-state index contributed by atoms with van der Waals surface area (Å²) in [6.07, 6.45) is 7.12. The van der Waals surface area contributed by atoms with Crippen LogP contribution in [0, 0.1) is 0 Å². The summed E-state index contributed by atoms with van der Waals surface area (Å²) in [5.74, 6) is 0. The molecule has 22 heavy (non-hydrogen) atoms. The van der Waals surface area contributed by atoms with Gasteiger partial charge in [0.2, 0.25) is 0 Å². The lowest BCUT2D eigenvalue weighted by molar-refractivity contribution is 0.113. The predicted octanol–water partition coefficient (Wildman–Crippen LogP) is 5.54. The average Bonchev–Trinajstić information content (AvgIpc) is 2.69. The maximum Gasteiger partial charge on any atom is 0.344 e. The van der Waals surface area contributed by atoms with Crippen LogP contribution < -0.4 is 0 Å². The minimum atomic E-state index is -2.34. The summed E-state index contributed by atoms with van der Waals surface area (Å²) in [6.45, 7) is 12.8. The van der Waals surface area contributed by atoms with Gasteiger partial charge in [-0.15, -0.1) is 6.58 Å². The van der Waals surface area contributed by atoms with E-state index in [-0.39, 0.29) is 12.2 Å². The summed E-state index contributed by atoms with van der Waals surface area (Å²) in [6, 6.07) is 10.4. The van der Waals surface area contributed by atoms with Crippen molar-refractivity contribution >= 4 is 8.56 Å². The molecule has 1 aliphatic heterocycles. The Hall–Kier alpha value is -1.16. The standard InChI is InChI=1S/C19H28O2Si/c1-6-10-18-13-14-19(17-11-8-7-9-12-17)21-22(20-18,15(2)3)16(4)5/h6-9,11-16,18-19H,1,10H2,2-5H3/t18-,19-/m1/s1. The minimum absolute atomic E-state index is 0.0209. The fraction of sp³-hybridized carbons (Fsp3) is 0.474. The molecule has 0 spiro atoms. The quantitative estimate of drug-likeness (QED) is 0.524. The second kappa shape index (κ2) is 7.40. The van der Waals surface area contributed by atoms with Crippen molar-refractivity contribution in [2.75, 3.05) is 0 Å². The highest BCUT2D eigenvalue weighted by Crippen LogP contribution is 2.41. The van der Waals surface area contributed by atoms with Crippen molar-refractivity contribution in [3.63, 3.8) is 0 Å². The SMILES string of the molecule is C=CC[C@@H]1C=C[C@H](c2ccccc2)O[Si](C(C)C)(C(C)C)O1. The molecule has 0 amide bonds. The molecule has 1 aromatic carbocycles. The molecule has 1 aliphatic rings. The third-order valence-electron chi connectivity index (χ3n) is 4.28. The van der Waals surface area contributed by atoms with Crippen molar-refractivity contribution in [2.24, 2.45) is 0 Å². The van der Waals surface area contributed by atoms with Gasteiger partial charge in [0.1, 0.15) is 0 Å². The summed E-state index contributed by atoms with van der Waals surface area (Å²) < 4.78 is 13.3. The smallest absolute Gasteiger partial charge is 0.344 e. The number of benzene rings is 1. The molecule has 0 aromatic heterocycles. The maximum atomic E-state index is 6.68. The third-order valence-corrected chi connectivity index (χ3v) is 8.80. The van der Waals surface area contributed by atoms with E-state index in [4.69, 9.17) is 8.85 Å². The first kappa shape index (κ1) is 17.2. The molecule has 120 valence electrons. The fourth-order valence-electron chi connectivity index (χ4n) is 3.09. The third kappa shape index (κ3) is 3.59. The van der Waals surface area contributed by atoms with E-state index in [1.54, 1.807) is 0 Å². The second-order valence-electron chi connectivity index (χ2n) is 6.55. The van der Waals surface area contributed by atoms with E-state index in [0.29, 0.717) is 11.1 Å². The van der Waals surface area contributed by atoms with Gasteiger partial charge in [0.15, 0.2) is 0 Å². The van der Waals surface area contributed by atoms with Crippen LogP contribution in [0.2, 0.25) is 11.1 Å². The van der Waals surface area contributed by atoms with Crippen molar-refractivity contribution in [2.45, 2.75) is 57.4 Å². The van der Waals surface area contributed by atoms with Gasteiger partial charge in [-0.1, -0.05) is 76.3 Å². The van der Waals surface area contributed by atoms with Crippen LogP contribution in [-0.4, -0.2) is 14.7 Å². The summed E-state index contributed by atoms with van der Waals surface area (Å²) in [5.41, 5.74) is 1.98. The molecule has 2 nitrogen and oxygen atoms in total. The summed E-state index contributed by atoms with van der Waals surface area (Å²) in [5, 5.41) is 0. The first-order valence-electron chi connectivity index (χ1n) is 8.19. The van der Waals surface area contributed by atoms with Crippen LogP contribution in [0.5, 0.6) is 0 Å². The van der Waals surface area contributed by atoms with Gasteiger partial charge >= 0.3 is 8.56 Å². The van der Waals surface area contributed by atoms with Gasteiger partial charge in [0.25, 0.3) is 0 Å². The monoisotopic (exact) mass is 316 g/mol. The molecule has 1 aromatic rings. The zero-order valence-electron chi connectivity index (χ0n) is 14.2. The van der Waals surface area contributed by atoms with Gasteiger partial charge in [0.05, 0.1) is 12.2 Å². The van der Waals surface area contributed by atoms with Crippen molar-refractivity contribution in [1.29, 1.82) is 0 Å². The highest BCUT2D eigenvalue weighted by molar-refractivity contribution is 6.70. The lowest BCUT2D eigenvalue weighted by Crippen LogP contribution is -2.50. The highest BCUT2D eigenvalue weighted by atomic mass is 28.4. The van der Waals surface area contributed by atoms with Crippen LogP contribution in [0.15, 0.2) is 55.1 Å². The minimum Gasteiger partial charge on any atom is -0.387 e. The van der Waals surface area contributed by atoms with Crippen LogP contribution >= 0.6 is 0 Å². The molecule has 0 saturated heterocycles. The molecule has 0 saturated carbocycles. The first-order valence-corrected chi connectivity index (χ1v) is 10.2. The molecule has 2 atom stereocenters. The Morgan fingerprint density at radius 1 is 1.05 bits per heavy atom. The van der Waals surface area contributed by atoms with E-state index in [9.17, 15) is 0 Å². The molecule has 2 rings (SSSR count). The fourth-order valence-corrected chi connectivity index (χ4v) is 6.83. The van der Waals surface area contributed by atoms with E-state index >= 15 is 0 Å². The van der Waals surface area contributed by atoms with Crippen LogP contribution in [0.3, 0.4) is 0 Å². The number of rotatable bonds is 5. The molecule has 1 heterocycles. The first-order chi connectivity index (χ1) is 10.5. The van der Waals surface area contributed by atoms with E-state index < -0.39 is 8.56 Å².